The van der Waals surface area contributed by atoms with Crippen LogP contribution in [0.1, 0.15) is 71.5 Å². The molecule has 3 aromatic rings. The van der Waals surface area contributed by atoms with Crippen molar-refractivity contribution >= 4 is 39.8 Å². The maximum Gasteiger partial charge on any atom is 0.256 e. The standard InChI is InChI=1S/C23H25ClFN5O2S/c1-13-9-18(14-6-7-14)26-21-12-19(27-30(13)21)20-5-3-4-8-29(20)23(31)16-10-15(24)11-17(25)22(16)28-33(2)32/h9-12,14,20,28H,3-8H2,1-2H3. The number of aromatic nitrogens is 3. The Kier molecular flexibility index (Phi) is 5.86. The summed E-state index contributed by atoms with van der Waals surface area (Å²) in [4.78, 5) is 20.2. The number of hydrogen-bond donors (Lipinski definition) is 1. The molecule has 2 fully saturated rings. The predicted octanol–water partition coefficient (Wildman–Crippen LogP) is 4.78. The van der Waals surface area contributed by atoms with Gasteiger partial charge in [-0.25, -0.2) is 18.1 Å². The molecule has 0 radical (unpaired) electrons. The molecule has 10 heteroatoms. The summed E-state index contributed by atoms with van der Waals surface area (Å²) >= 11 is 6.07. The van der Waals surface area contributed by atoms with Gasteiger partial charge in [-0.05, 0) is 57.2 Å². The lowest BCUT2D eigenvalue weighted by atomic mass is 9.98. The molecule has 0 bridgehead atoms. The molecule has 1 amide bonds. The van der Waals surface area contributed by atoms with Gasteiger partial charge in [0.1, 0.15) is 16.8 Å². The Morgan fingerprint density at radius 2 is 1.97 bits per heavy atom. The lowest BCUT2D eigenvalue weighted by Crippen LogP contribution is -2.39. The Bertz CT molecular complexity index is 1280. The maximum atomic E-state index is 14.6. The van der Waals surface area contributed by atoms with Crippen LogP contribution in [0.5, 0.6) is 0 Å². The van der Waals surface area contributed by atoms with E-state index in [1.165, 1.54) is 25.2 Å². The number of amides is 1. The summed E-state index contributed by atoms with van der Waals surface area (Å²) in [5, 5.41) is 4.89. The summed E-state index contributed by atoms with van der Waals surface area (Å²) in [5.41, 5.74) is 3.62. The highest BCUT2D eigenvalue weighted by Crippen LogP contribution is 2.40. The molecule has 2 aliphatic rings. The number of nitrogens with zero attached hydrogens (tertiary/aromatic N) is 4. The number of halogens is 2. The number of rotatable bonds is 5. The number of aryl methyl sites for hydroxylation is 1. The minimum absolute atomic E-state index is 0.0659. The highest BCUT2D eigenvalue weighted by atomic mass is 35.5. The van der Waals surface area contributed by atoms with Crippen molar-refractivity contribution in [3.8, 4) is 0 Å². The largest absolute Gasteiger partial charge is 0.330 e. The smallest absolute Gasteiger partial charge is 0.256 e. The van der Waals surface area contributed by atoms with Crippen LogP contribution in [0.4, 0.5) is 10.1 Å². The van der Waals surface area contributed by atoms with Crippen molar-refractivity contribution < 1.29 is 13.4 Å². The third kappa shape index (κ3) is 4.36. The fourth-order valence-electron chi connectivity index (χ4n) is 4.55. The first kappa shape index (κ1) is 22.3. The number of piperidine rings is 1. The quantitative estimate of drug-likeness (QED) is 0.559. The molecule has 0 spiro atoms. The van der Waals surface area contributed by atoms with Crippen LogP contribution in [0.2, 0.25) is 5.02 Å². The van der Waals surface area contributed by atoms with Gasteiger partial charge in [-0.3, -0.25) is 4.79 Å². The second-order valence-electron chi connectivity index (χ2n) is 8.81. The molecule has 33 heavy (non-hydrogen) atoms. The summed E-state index contributed by atoms with van der Waals surface area (Å²) < 4.78 is 30.8. The lowest BCUT2D eigenvalue weighted by molar-refractivity contribution is 0.0606. The first-order chi connectivity index (χ1) is 15.8. The van der Waals surface area contributed by atoms with Crippen LogP contribution in [0.15, 0.2) is 24.3 Å². The Labute approximate surface area is 198 Å². The van der Waals surface area contributed by atoms with Gasteiger partial charge in [0.25, 0.3) is 5.91 Å². The second-order valence-corrected chi connectivity index (χ2v) is 10.4. The molecule has 1 saturated heterocycles. The molecule has 1 saturated carbocycles. The number of benzene rings is 1. The molecular formula is C23H25ClFN5O2S. The minimum Gasteiger partial charge on any atom is -0.330 e. The van der Waals surface area contributed by atoms with E-state index in [-0.39, 0.29) is 28.2 Å². The summed E-state index contributed by atoms with van der Waals surface area (Å²) in [7, 11) is -1.55. The Hall–Kier alpha value is -2.52. The van der Waals surface area contributed by atoms with Gasteiger partial charge in [-0.2, -0.15) is 5.10 Å². The predicted molar refractivity (Wildman–Crippen MR) is 126 cm³/mol. The van der Waals surface area contributed by atoms with Crippen molar-refractivity contribution in [1.82, 2.24) is 19.5 Å². The number of nitrogens with one attached hydrogen (secondary N) is 1. The van der Waals surface area contributed by atoms with Crippen molar-refractivity contribution in [3.63, 3.8) is 0 Å². The van der Waals surface area contributed by atoms with E-state index in [2.05, 4.69) is 10.8 Å². The molecule has 7 nitrogen and oxygen atoms in total. The van der Waals surface area contributed by atoms with Crippen LogP contribution >= 0.6 is 11.6 Å². The van der Waals surface area contributed by atoms with Crippen LogP contribution in [-0.4, -0.2) is 42.4 Å². The minimum atomic E-state index is -1.55. The molecule has 3 heterocycles. The number of anilines is 1. The van der Waals surface area contributed by atoms with Gasteiger partial charge in [-0.15, -0.1) is 0 Å². The fourth-order valence-corrected chi connectivity index (χ4v) is 5.25. The van der Waals surface area contributed by atoms with Crippen LogP contribution in [-0.2, 0) is 11.0 Å². The molecule has 5 rings (SSSR count). The molecule has 1 aromatic carbocycles. The van der Waals surface area contributed by atoms with E-state index < -0.39 is 16.8 Å². The molecule has 2 unspecified atom stereocenters. The van der Waals surface area contributed by atoms with Gasteiger partial charge in [-0.1, -0.05) is 11.6 Å². The number of carbonyl (C=O) groups excluding carboxylic acids is 1. The third-order valence-electron chi connectivity index (χ3n) is 6.28. The van der Waals surface area contributed by atoms with Crippen molar-refractivity contribution in [2.45, 2.75) is 51.0 Å². The molecule has 1 aliphatic carbocycles. The summed E-state index contributed by atoms with van der Waals surface area (Å²) in [6.07, 6.45) is 6.26. The van der Waals surface area contributed by atoms with Gasteiger partial charge in [0, 0.05) is 41.2 Å². The van der Waals surface area contributed by atoms with E-state index in [0.717, 1.165) is 48.1 Å². The summed E-state index contributed by atoms with van der Waals surface area (Å²) in [6, 6.07) is 6.30. The van der Waals surface area contributed by atoms with E-state index in [0.29, 0.717) is 12.5 Å². The van der Waals surface area contributed by atoms with Gasteiger partial charge < -0.3 is 9.62 Å². The van der Waals surface area contributed by atoms with Crippen LogP contribution in [0.3, 0.4) is 0 Å². The molecule has 1 N–H and O–H groups in total. The second kappa shape index (κ2) is 8.68. The van der Waals surface area contributed by atoms with Gasteiger partial charge >= 0.3 is 0 Å². The Balaban J connectivity index is 1.53. The zero-order chi connectivity index (χ0) is 23.3. The zero-order valence-corrected chi connectivity index (χ0v) is 20.0. The van der Waals surface area contributed by atoms with Crippen molar-refractivity contribution in [1.29, 1.82) is 0 Å². The van der Waals surface area contributed by atoms with Crippen molar-refractivity contribution in [2.75, 3.05) is 17.5 Å². The molecule has 2 aromatic heterocycles. The normalized spacial score (nSPS) is 19.6. The zero-order valence-electron chi connectivity index (χ0n) is 18.5. The molecule has 1 aliphatic heterocycles. The van der Waals surface area contributed by atoms with E-state index in [9.17, 15) is 13.4 Å². The third-order valence-corrected chi connectivity index (χ3v) is 6.99. The number of hydrogen-bond acceptors (Lipinski definition) is 4. The number of carbonyl (C=O) groups is 1. The molecular weight excluding hydrogens is 465 g/mol. The van der Waals surface area contributed by atoms with E-state index in [1.807, 2.05) is 17.5 Å². The van der Waals surface area contributed by atoms with Gasteiger partial charge in [0.2, 0.25) is 0 Å². The maximum absolute atomic E-state index is 14.6. The first-order valence-corrected chi connectivity index (χ1v) is 13.0. The fraction of sp³-hybridized carbons (Fsp3) is 0.435. The Morgan fingerprint density at radius 3 is 2.70 bits per heavy atom. The van der Waals surface area contributed by atoms with Crippen LogP contribution in [0.25, 0.3) is 5.65 Å². The monoisotopic (exact) mass is 489 g/mol. The number of fused-ring (bicyclic) bond motifs is 1. The first-order valence-electron chi connectivity index (χ1n) is 11.1. The number of likely N-dealkylation sites (tertiary alicyclic amines) is 1. The van der Waals surface area contributed by atoms with E-state index in [4.69, 9.17) is 21.7 Å². The van der Waals surface area contributed by atoms with E-state index in [1.54, 1.807) is 4.90 Å². The average Bonchev–Trinajstić information content (AvgIpc) is 3.53. The topological polar surface area (TPSA) is 79.6 Å². The van der Waals surface area contributed by atoms with Crippen molar-refractivity contribution in [2.24, 2.45) is 0 Å². The van der Waals surface area contributed by atoms with Crippen molar-refractivity contribution in [3.05, 3.63) is 57.8 Å². The SMILES string of the molecule is Cc1cc(C2CC2)nc2cc(C3CCCCN3C(=O)c3cc(Cl)cc(F)c3NS(C)=O)nn12. The highest BCUT2D eigenvalue weighted by molar-refractivity contribution is 7.85. The van der Waals surface area contributed by atoms with Crippen LogP contribution < -0.4 is 4.72 Å². The Morgan fingerprint density at radius 1 is 1.18 bits per heavy atom. The summed E-state index contributed by atoms with van der Waals surface area (Å²) in [5.74, 6) is -0.545. The van der Waals surface area contributed by atoms with Crippen LogP contribution in [0, 0.1) is 12.7 Å². The van der Waals surface area contributed by atoms with Gasteiger partial charge in [0.15, 0.2) is 5.65 Å². The lowest BCUT2D eigenvalue weighted by Gasteiger charge is -2.35. The summed E-state index contributed by atoms with van der Waals surface area (Å²) in [6.45, 7) is 2.53. The average molecular weight is 490 g/mol. The highest BCUT2D eigenvalue weighted by Gasteiger charge is 2.33. The van der Waals surface area contributed by atoms with Gasteiger partial charge in [0.05, 0.1) is 23.0 Å². The molecule has 2 atom stereocenters. The van der Waals surface area contributed by atoms with E-state index >= 15 is 0 Å². The molecule has 174 valence electrons.